The summed E-state index contributed by atoms with van der Waals surface area (Å²) in [5, 5.41) is -1.56. The molecule has 2 N–H and O–H groups in total. The summed E-state index contributed by atoms with van der Waals surface area (Å²) in [4.78, 5) is 30.8. The maximum atomic E-state index is 12.3. The van der Waals surface area contributed by atoms with Crippen LogP contribution in [-0.4, -0.2) is 20.7 Å². The summed E-state index contributed by atoms with van der Waals surface area (Å²) < 4.78 is 11.4. The molecule has 0 aliphatic heterocycles. The summed E-state index contributed by atoms with van der Waals surface area (Å²) in [6.07, 6.45) is 4.54. The predicted octanol–water partition coefficient (Wildman–Crippen LogP) is 2.48. The molecule has 0 atom stereocenters. The Morgan fingerprint density at radius 1 is 1.19 bits per heavy atom. The van der Waals surface area contributed by atoms with E-state index in [1.807, 2.05) is 6.92 Å². The van der Waals surface area contributed by atoms with Crippen molar-refractivity contribution in [2.45, 2.75) is 58.0 Å². The SMILES string of the molecule is CC1(C(=O)C(C)(C)P(=O)(O)O)CCCCC1. The molecule has 1 saturated carbocycles. The molecule has 1 aliphatic carbocycles. The third-order valence-corrected chi connectivity index (χ3v) is 5.45. The quantitative estimate of drug-likeness (QED) is 0.752. The first-order valence-electron chi connectivity index (χ1n) is 5.72. The Morgan fingerprint density at radius 3 is 2.00 bits per heavy atom. The first-order valence-corrected chi connectivity index (χ1v) is 7.33. The van der Waals surface area contributed by atoms with E-state index in [9.17, 15) is 19.1 Å². The van der Waals surface area contributed by atoms with E-state index in [2.05, 4.69) is 0 Å². The number of carbonyl (C=O) groups is 1. The Morgan fingerprint density at radius 2 is 1.62 bits per heavy atom. The van der Waals surface area contributed by atoms with E-state index in [1.165, 1.54) is 13.8 Å². The highest BCUT2D eigenvalue weighted by atomic mass is 31.2. The van der Waals surface area contributed by atoms with Crippen LogP contribution in [0.5, 0.6) is 0 Å². The van der Waals surface area contributed by atoms with Gasteiger partial charge in [0, 0.05) is 5.41 Å². The van der Waals surface area contributed by atoms with Crippen LogP contribution in [0.1, 0.15) is 52.9 Å². The van der Waals surface area contributed by atoms with Crippen molar-refractivity contribution >= 4 is 13.4 Å². The van der Waals surface area contributed by atoms with Crippen LogP contribution < -0.4 is 0 Å². The largest absolute Gasteiger partial charge is 0.338 e. The molecule has 1 fully saturated rings. The van der Waals surface area contributed by atoms with Crippen LogP contribution >= 0.6 is 7.60 Å². The molecule has 0 saturated heterocycles. The summed E-state index contributed by atoms with van der Waals surface area (Å²) >= 11 is 0. The molecule has 94 valence electrons. The van der Waals surface area contributed by atoms with Gasteiger partial charge in [0.05, 0.1) is 0 Å². The smallest absolute Gasteiger partial charge is 0.324 e. The standard InChI is InChI=1S/C11H21O4P/c1-10(2,16(13,14)15)9(12)11(3)7-5-4-6-8-11/h4-8H2,1-3H3,(H2,13,14,15). The molecule has 1 aliphatic rings. The number of hydrogen-bond donors (Lipinski definition) is 2. The topological polar surface area (TPSA) is 74.6 Å². The maximum Gasteiger partial charge on any atom is 0.338 e. The number of Topliss-reactive ketones (excluding diaryl/α,β-unsaturated/α-hetero) is 1. The summed E-state index contributed by atoms with van der Waals surface area (Å²) in [6.45, 7) is 4.55. The van der Waals surface area contributed by atoms with Crippen molar-refractivity contribution in [3.8, 4) is 0 Å². The summed E-state index contributed by atoms with van der Waals surface area (Å²) in [6, 6.07) is 0. The van der Waals surface area contributed by atoms with Gasteiger partial charge in [0.1, 0.15) is 5.16 Å². The molecule has 4 nitrogen and oxygen atoms in total. The number of rotatable bonds is 3. The van der Waals surface area contributed by atoms with Gasteiger partial charge in [-0.05, 0) is 26.7 Å². The predicted molar refractivity (Wildman–Crippen MR) is 62.3 cm³/mol. The zero-order valence-electron chi connectivity index (χ0n) is 10.2. The third-order valence-electron chi connectivity index (χ3n) is 3.79. The highest BCUT2D eigenvalue weighted by Crippen LogP contribution is 2.54. The summed E-state index contributed by atoms with van der Waals surface area (Å²) in [5.41, 5.74) is -0.553. The number of ketones is 1. The second-order valence-corrected chi connectivity index (χ2v) is 7.76. The molecule has 0 amide bonds. The third kappa shape index (κ3) is 2.39. The molecule has 0 aromatic carbocycles. The van der Waals surface area contributed by atoms with Crippen molar-refractivity contribution in [3.63, 3.8) is 0 Å². The summed E-state index contributed by atoms with van der Waals surface area (Å²) in [7, 11) is -4.38. The van der Waals surface area contributed by atoms with Crippen LogP contribution in [0.4, 0.5) is 0 Å². The van der Waals surface area contributed by atoms with Gasteiger partial charge < -0.3 is 9.79 Å². The van der Waals surface area contributed by atoms with Gasteiger partial charge in [0.15, 0.2) is 5.78 Å². The van der Waals surface area contributed by atoms with Crippen molar-refractivity contribution in [2.24, 2.45) is 5.41 Å². The lowest BCUT2D eigenvalue weighted by Gasteiger charge is -2.38. The fourth-order valence-corrected chi connectivity index (χ4v) is 2.96. The highest BCUT2D eigenvalue weighted by molar-refractivity contribution is 7.54. The number of hydrogen-bond acceptors (Lipinski definition) is 2. The second-order valence-electron chi connectivity index (χ2n) is 5.55. The molecule has 0 aromatic heterocycles. The van der Waals surface area contributed by atoms with Crippen LogP contribution in [0.3, 0.4) is 0 Å². The fraction of sp³-hybridized carbons (Fsp3) is 0.909. The van der Waals surface area contributed by atoms with Gasteiger partial charge in [0.2, 0.25) is 0 Å². The van der Waals surface area contributed by atoms with E-state index in [4.69, 9.17) is 0 Å². The first-order chi connectivity index (χ1) is 7.11. The molecule has 0 unspecified atom stereocenters. The van der Waals surface area contributed by atoms with E-state index >= 15 is 0 Å². The Bertz CT molecular complexity index is 323. The van der Waals surface area contributed by atoms with Crippen molar-refractivity contribution < 1.29 is 19.1 Å². The van der Waals surface area contributed by atoms with E-state index in [0.717, 1.165) is 32.1 Å². The Kier molecular flexibility index (Phi) is 3.68. The average Bonchev–Trinajstić information content (AvgIpc) is 2.16. The molecule has 1 rings (SSSR count). The molecule has 16 heavy (non-hydrogen) atoms. The monoisotopic (exact) mass is 248 g/mol. The minimum Gasteiger partial charge on any atom is -0.324 e. The number of carbonyl (C=O) groups excluding carboxylic acids is 1. The second kappa shape index (κ2) is 4.25. The van der Waals surface area contributed by atoms with Crippen LogP contribution in [-0.2, 0) is 9.36 Å². The van der Waals surface area contributed by atoms with Crippen molar-refractivity contribution in [2.75, 3.05) is 0 Å². The minimum atomic E-state index is -4.38. The van der Waals surface area contributed by atoms with Gasteiger partial charge in [-0.15, -0.1) is 0 Å². The lowest BCUT2D eigenvalue weighted by Crippen LogP contribution is -2.44. The van der Waals surface area contributed by atoms with Gasteiger partial charge >= 0.3 is 7.60 Å². The molecular formula is C11H21O4P. The van der Waals surface area contributed by atoms with Gasteiger partial charge in [0.25, 0.3) is 0 Å². The zero-order valence-corrected chi connectivity index (χ0v) is 11.1. The molecule has 0 heterocycles. The summed E-state index contributed by atoms with van der Waals surface area (Å²) in [5.74, 6) is -0.284. The highest BCUT2D eigenvalue weighted by Gasteiger charge is 2.51. The minimum absolute atomic E-state index is 0.284. The van der Waals surface area contributed by atoms with E-state index < -0.39 is 18.2 Å². The van der Waals surface area contributed by atoms with E-state index in [0.29, 0.717) is 0 Å². The van der Waals surface area contributed by atoms with Crippen LogP contribution in [0.15, 0.2) is 0 Å². The van der Waals surface area contributed by atoms with Crippen LogP contribution in [0, 0.1) is 5.41 Å². The van der Waals surface area contributed by atoms with Crippen LogP contribution in [0.25, 0.3) is 0 Å². The maximum absolute atomic E-state index is 12.3. The van der Waals surface area contributed by atoms with Crippen molar-refractivity contribution in [1.29, 1.82) is 0 Å². The fourth-order valence-electron chi connectivity index (χ4n) is 2.43. The zero-order chi connectivity index (χ0) is 12.6. The van der Waals surface area contributed by atoms with Crippen molar-refractivity contribution in [1.82, 2.24) is 0 Å². The van der Waals surface area contributed by atoms with Gasteiger partial charge in [-0.1, -0.05) is 26.2 Å². The normalized spacial score (nSPS) is 21.8. The van der Waals surface area contributed by atoms with Gasteiger partial charge in [-0.3, -0.25) is 9.36 Å². The van der Waals surface area contributed by atoms with E-state index in [1.54, 1.807) is 0 Å². The molecule has 0 radical (unpaired) electrons. The van der Waals surface area contributed by atoms with E-state index in [-0.39, 0.29) is 5.78 Å². The Balaban J connectivity index is 2.96. The molecule has 0 aromatic rings. The van der Waals surface area contributed by atoms with Crippen LogP contribution in [0.2, 0.25) is 0 Å². The molecule has 0 spiro atoms. The molecule has 5 heteroatoms. The lowest BCUT2D eigenvalue weighted by atomic mass is 9.70. The van der Waals surface area contributed by atoms with Gasteiger partial charge in [-0.25, -0.2) is 0 Å². The Labute approximate surface area is 96.6 Å². The molecule has 0 bridgehead atoms. The Hall–Kier alpha value is -0.180. The first kappa shape index (κ1) is 13.9. The lowest BCUT2D eigenvalue weighted by molar-refractivity contribution is -0.132. The van der Waals surface area contributed by atoms with Crippen molar-refractivity contribution in [3.05, 3.63) is 0 Å². The molecular weight excluding hydrogens is 227 g/mol. The average molecular weight is 248 g/mol. The van der Waals surface area contributed by atoms with Gasteiger partial charge in [-0.2, -0.15) is 0 Å².